The minimum Gasteiger partial charge on any atom is -0.341 e. The van der Waals surface area contributed by atoms with Crippen LogP contribution in [0.15, 0.2) is 0 Å². The van der Waals surface area contributed by atoms with Crippen molar-refractivity contribution in [2.75, 3.05) is 25.9 Å². The summed E-state index contributed by atoms with van der Waals surface area (Å²) < 4.78 is 61.8. The Morgan fingerprint density at radius 3 is 2.16 bits per heavy atom. The van der Waals surface area contributed by atoms with Crippen molar-refractivity contribution in [1.29, 1.82) is 0 Å². The molecule has 1 aliphatic heterocycles. The minimum absolute atomic E-state index is 0. The maximum atomic E-state index is 12.6. The molecule has 2 unspecified atom stereocenters. The van der Waals surface area contributed by atoms with Gasteiger partial charge in [0.1, 0.15) is 6.54 Å². The number of piperidine rings is 1. The first-order valence-corrected chi connectivity index (χ1v) is 9.79. The maximum absolute atomic E-state index is 12.6. The Kier molecular flexibility index (Phi) is 9.17. The fraction of sp³-hybridized carbons (Fsp3) is 0.929. The first kappa shape index (κ1) is 24.4. The van der Waals surface area contributed by atoms with Gasteiger partial charge >= 0.3 is 6.18 Å². The zero-order valence-corrected chi connectivity index (χ0v) is 16.3. The molecule has 1 saturated heterocycles. The molecular formula is C14H27ClF3N3O3S. The third-order valence-corrected chi connectivity index (χ3v) is 5.77. The molecule has 6 nitrogen and oxygen atoms in total. The quantitative estimate of drug-likeness (QED) is 0.722. The molecule has 0 aromatic heterocycles. The molecule has 0 bridgehead atoms. The number of amides is 1. The maximum Gasteiger partial charge on any atom is 0.402 e. The van der Waals surface area contributed by atoms with Crippen LogP contribution in [-0.2, 0) is 14.8 Å². The zero-order chi connectivity index (χ0) is 18.7. The van der Waals surface area contributed by atoms with Crippen molar-refractivity contribution in [1.82, 2.24) is 9.21 Å². The predicted octanol–water partition coefficient (Wildman–Crippen LogP) is 1.60. The number of nitrogens with zero attached hydrogens (tertiary/aromatic N) is 2. The summed E-state index contributed by atoms with van der Waals surface area (Å²) in [6.45, 7) is 2.70. The topological polar surface area (TPSA) is 83.7 Å². The summed E-state index contributed by atoms with van der Waals surface area (Å²) in [7, 11) is -3.98. The van der Waals surface area contributed by atoms with Gasteiger partial charge < -0.3 is 10.6 Å². The minimum atomic E-state index is -4.60. The summed E-state index contributed by atoms with van der Waals surface area (Å²) in [5.74, 6) is -0.225. The average molecular weight is 410 g/mol. The number of sulfonamides is 1. The number of carbonyl (C=O) groups excluding carboxylic acids is 1. The van der Waals surface area contributed by atoms with Crippen molar-refractivity contribution in [3.05, 3.63) is 0 Å². The molecule has 0 aliphatic carbocycles. The second kappa shape index (κ2) is 9.38. The Bertz CT molecular complexity index is 537. The molecule has 1 heterocycles. The molecule has 150 valence electrons. The van der Waals surface area contributed by atoms with Gasteiger partial charge in [-0.05, 0) is 18.8 Å². The molecule has 25 heavy (non-hydrogen) atoms. The van der Waals surface area contributed by atoms with E-state index in [4.69, 9.17) is 5.73 Å². The van der Waals surface area contributed by atoms with Crippen LogP contribution in [0.25, 0.3) is 0 Å². The van der Waals surface area contributed by atoms with Gasteiger partial charge in [-0.15, -0.1) is 12.4 Å². The average Bonchev–Trinajstić information content (AvgIpc) is 2.48. The van der Waals surface area contributed by atoms with Gasteiger partial charge in [-0.25, -0.2) is 8.42 Å². The van der Waals surface area contributed by atoms with E-state index in [-0.39, 0.29) is 50.2 Å². The van der Waals surface area contributed by atoms with Crippen LogP contribution in [0, 0.1) is 5.92 Å². The van der Waals surface area contributed by atoms with Crippen molar-refractivity contribution in [3.8, 4) is 0 Å². The Morgan fingerprint density at radius 1 is 1.32 bits per heavy atom. The smallest absolute Gasteiger partial charge is 0.341 e. The Balaban J connectivity index is 0.00000576. The van der Waals surface area contributed by atoms with Gasteiger partial charge in [-0.1, -0.05) is 20.3 Å². The van der Waals surface area contributed by atoms with Crippen molar-refractivity contribution in [2.24, 2.45) is 11.7 Å². The lowest BCUT2D eigenvalue weighted by molar-refractivity contribution is -0.143. The number of rotatable bonds is 6. The summed E-state index contributed by atoms with van der Waals surface area (Å²) in [6.07, 6.45) is -2.74. The molecular weight excluding hydrogens is 383 g/mol. The molecule has 11 heteroatoms. The van der Waals surface area contributed by atoms with Crippen molar-refractivity contribution in [2.45, 2.75) is 51.4 Å². The van der Waals surface area contributed by atoms with Gasteiger partial charge in [0.15, 0.2) is 0 Å². The Hall–Kier alpha value is -0.580. The third kappa shape index (κ3) is 7.28. The molecule has 1 aliphatic rings. The van der Waals surface area contributed by atoms with E-state index < -0.39 is 34.8 Å². The first-order valence-electron chi connectivity index (χ1n) is 7.94. The third-order valence-electron chi connectivity index (χ3n) is 4.49. The van der Waals surface area contributed by atoms with E-state index >= 15 is 0 Å². The summed E-state index contributed by atoms with van der Waals surface area (Å²) >= 11 is 0. The van der Waals surface area contributed by atoms with Gasteiger partial charge in [0.25, 0.3) is 0 Å². The number of alkyl halides is 3. The van der Waals surface area contributed by atoms with Crippen molar-refractivity contribution in [3.63, 3.8) is 0 Å². The van der Waals surface area contributed by atoms with E-state index in [1.807, 2.05) is 13.8 Å². The van der Waals surface area contributed by atoms with Crippen molar-refractivity contribution < 1.29 is 26.4 Å². The molecule has 0 spiro atoms. The summed E-state index contributed by atoms with van der Waals surface area (Å²) in [4.78, 5) is 13.8. The highest BCUT2D eigenvalue weighted by molar-refractivity contribution is 7.88. The summed E-state index contributed by atoms with van der Waals surface area (Å²) in [5.41, 5.74) is 5.90. The molecule has 2 N–H and O–H groups in total. The SMILES string of the molecule is CCC(C)C(N)C(=O)N1CCC(N(CC(F)(F)F)S(C)(=O)=O)CC1.Cl. The van der Waals surface area contributed by atoms with E-state index in [9.17, 15) is 26.4 Å². The highest BCUT2D eigenvalue weighted by Gasteiger charge is 2.40. The lowest BCUT2D eigenvalue weighted by Crippen LogP contribution is -2.54. The van der Waals surface area contributed by atoms with E-state index in [0.717, 1.165) is 12.7 Å². The van der Waals surface area contributed by atoms with E-state index in [0.29, 0.717) is 4.31 Å². The predicted molar refractivity (Wildman–Crippen MR) is 91.9 cm³/mol. The van der Waals surface area contributed by atoms with Crippen LogP contribution in [0.4, 0.5) is 13.2 Å². The highest BCUT2D eigenvalue weighted by Crippen LogP contribution is 2.25. The molecule has 1 fully saturated rings. The second-order valence-electron chi connectivity index (χ2n) is 6.39. The number of likely N-dealkylation sites (tertiary alicyclic amines) is 1. The number of nitrogens with two attached hydrogens (primary N) is 1. The standard InChI is InChI=1S/C14H26F3N3O3S.ClH/c1-4-10(2)12(18)13(21)19-7-5-11(6-8-19)20(24(3,22)23)9-14(15,16)17;/h10-12H,4-9,18H2,1-3H3;1H. The monoisotopic (exact) mass is 409 g/mol. The van der Waals surface area contributed by atoms with Crippen LogP contribution >= 0.6 is 12.4 Å². The lowest BCUT2D eigenvalue weighted by Gasteiger charge is -2.38. The van der Waals surface area contributed by atoms with Gasteiger partial charge in [0.2, 0.25) is 15.9 Å². The normalized spacial score (nSPS) is 19.4. The fourth-order valence-corrected chi connectivity index (χ4v) is 3.91. The Morgan fingerprint density at radius 2 is 1.80 bits per heavy atom. The number of hydrogen-bond donors (Lipinski definition) is 1. The highest BCUT2D eigenvalue weighted by atomic mass is 35.5. The van der Waals surface area contributed by atoms with Crippen LogP contribution in [0.5, 0.6) is 0 Å². The van der Waals surface area contributed by atoms with Gasteiger partial charge in [-0.3, -0.25) is 4.79 Å². The zero-order valence-electron chi connectivity index (χ0n) is 14.6. The molecule has 0 aromatic carbocycles. The fourth-order valence-electron chi connectivity index (χ4n) is 2.78. The molecule has 0 radical (unpaired) electrons. The largest absolute Gasteiger partial charge is 0.402 e. The molecule has 1 amide bonds. The lowest BCUT2D eigenvalue weighted by atomic mass is 9.97. The summed E-state index contributed by atoms with van der Waals surface area (Å²) in [5, 5.41) is 0. The van der Waals surface area contributed by atoms with E-state index in [1.54, 1.807) is 0 Å². The summed E-state index contributed by atoms with van der Waals surface area (Å²) in [6, 6.07) is -1.40. The Labute approximate surface area is 153 Å². The van der Waals surface area contributed by atoms with Crippen LogP contribution in [-0.4, -0.2) is 67.7 Å². The number of carbonyl (C=O) groups is 1. The number of halogens is 4. The van der Waals surface area contributed by atoms with Gasteiger partial charge in [0, 0.05) is 19.1 Å². The van der Waals surface area contributed by atoms with Crippen LogP contribution in [0.3, 0.4) is 0 Å². The molecule has 2 atom stereocenters. The molecule has 0 saturated carbocycles. The van der Waals surface area contributed by atoms with Crippen LogP contribution in [0.1, 0.15) is 33.1 Å². The molecule has 0 aromatic rings. The first-order chi connectivity index (χ1) is 10.9. The van der Waals surface area contributed by atoms with Crippen LogP contribution in [0.2, 0.25) is 0 Å². The molecule has 1 rings (SSSR count). The second-order valence-corrected chi connectivity index (χ2v) is 8.33. The van der Waals surface area contributed by atoms with Gasteiger partial charge in [-0.2, -0.15) is 17.5 Å². The number of hydrogen-bond acceptors (Lipinski definition) is 4. The van der Waals surface area contributed by atoms with Crippen LogP contribution < -0.4 is 5.73 Å². The van der Waals surface area contributed by atoms with Gasteiger partial charge in [0.05, 0.1) is 12.3 Å². The van der Waals surface area contributed by atoms with E-state index in [1.165, 1.54) is 4.90 Å². The van der Waals surface area contributed by atoms with Crippen molar-refractivity contribution >= 4 is 28.3 Å². The van der Waals surface area contributed by atoms with E-state index in [2.05, 4.69) is 0 Å².